The fraction of sp³-hybridized carbons (Fsp3) is 0.143. The average molecular weight is 444 g/mol. The summed E-state index contributed by atoms with van der Waals surface area (Å²) < 4.78 is 52.1. The van der Waals surface area contributed by atoms with Gasteiger partial charge in [0, 0.05) is 23.3 Å². The number of nitro groups is 1. The first-order chi connectivity index (χ1) is 14.9. The zero-order chi connectivity index (χ0) is 22.0. The van der Waals surface area contributed by atoms with Crippen molar-refractivity contribution in [1.29, 1.82) is 0 Å². The van der Waals surface area contributed by atoms with Gasteiger partial charge in [0.1, 0.15) is 11.6 Å². The highest BCUT2D eigenvalue weighted by Crippen LogP contribution is 2.35. The maximum absolute atomic E-state index is 13.4. The number of benzene rings is 3. The van der Waals surface area contributed by atoms with E-state index in [0.29, 0.717) is 22.6 Å². The van der Waals surface area contributed by atoms with Gasteiger partial charge in [-0.2, -0.15) is 0 Å². The lowest BCUT2D eigenvalue weighted by atomic mass is 10.1. The lowest BCUT2D eigenvalue weighted by molar-refractivity contribution is -0.385. The Balaban J connectivity index is 1.84. The van der Waals surface area contributed by atoms with Crippen LogP contribution in [0.3, 0.4) is 0 Å². The van der Waals surface area contributed by atoms with Crippen LogP contribution in [0.1, 0.15) is 11.1 Å². The molecular weight excluding hydrogens is 427 g/mol. The molecule has 0 saturated carbocycles. The second-order valence-electron chi connectivity index (χ2n) is 6.76. The van der Waals surface area contributed by atoms with Crippen LogP contribution in [0, 0.1) is 15.9 Å². The molecule has 160 valence electrons. The molecule has 8 nitrogen and oxygen atoms in total. The van der Waals surface area contributed by atoms with Gasteiger partial charge in [-0.25, -0.2) is 12.8 Å². The minimum absolute atomic E-state index is 0.0478. The summed E-state index contributed by atoms with van der Waals surface area (Å²) in [4.78, 5) is 10.7. The zero-order valence-corrected chi connectivity index (χ0v) is 16.9. The van der Waals surface area contributed by atoms with Gasteiger partial charge in [0.25, 0.3) is 15.7 Å². The van der Waals surface area contributed by atoms with Gasteiger partial charge in [-0.15, -0.1) is 0 Å². The number of nitrogens with zero attached hydrogens (tertiary/aromatic N) is 2. The van der Waals surface area contributed by atoms with E-state index in [4.69, 9.17) is 9.47 Å². The van der Waals surface area contributed by atoms with Gasteiger partial charge in [-0.3, -0.25) is 14.4 Å². The number of rotatable bonds is 6. The number of ether oxygens (including phenoxy) is 2. The summed E-state index contributed by atoms with van der Waals surface area (Å²) in [6, 6.07) is 15.4. The molecule has 0 saturated heterocycles. The highest BCUT2D eigenvalue weighted by atomic mass is 32.2. The quantitative estimate of drug-likeness (QED) is 0.421. The van der Waals surface area contributed by atoms with Crippen molar-refractivity contribution in [1.82, 2.24) is 0 Å². The molecule has 0 N–H and O–H groups in total. The van der Waals surface area contributed by atoms with E-state index in [0.717, 1.165) is 16.4 Å². The summed E-state index contributed by atoms with van der Waals surface area (Å²) in [6.07, 6.45) is 0. The fourth-order valence-electron chi connectivity index (χ4n) is 3.30. The van der Waals surface area contributed by atoms with Crippen LogP contribution in [0.4, 0.5) is 15.8 Å². The van der Waals surface area contributed by atoms with Crippen molar-refractivity contribution in [3.05, 3.63) is 93.8 Å². The Kier molecular flexibility index (Phi) is 5.57. The van der Waals surface area contributed by atoms with Crippen LogP contribution in [0.15, 0.2) is 71.6 Å². The van der Waals surface area contributed by atoms with Crippen molar-refractivity contribution in [3.63, 3.8) is 0 Å². The predicted octanol–water partition coefficient (Wildman–Crippen LogP) is 4.00. The third kappa shape index (κ3) is 4.21. The van der Waals surface area contributed by atoms with E-state index in [-0.39, 0.29) is 30.5 Å². The number of fused-ring (bicyclic) bond motifs is 1. The van der Waals surface area contributed by atoms with Gasteiger partial charge >= 0.3 is 0 Å². The normalized spacial score (nSPS) is 13.2. The lowest BCUT2D eigenvalue weighted by Gasteiger charge is -2.27. The zero-order valence-electron chi connectivity index (χ0n) is 16.1. The smallest absolute Gasteiger partial charge is 0.270 e. The van der Waals surface area contributed by atoms with Crippen molar-refractivity contribution in [2.45, 2.75) is 18.0 Å². The Labute approximate surface area is 177 Å². The lowest BCUT2D eigenvalue weighted by Crippen LogP contribution is -2.31. The predicted molar refractivity (Wildman–Crippen MR) is 110 cm³/mol. The van der Waals surface area contributed by atoms with Crippen molar-refractivity contribution < 1.29 is 27.2 Å². The van der Waals surface area contributed by atoms with E-state index in [1.54, 1.807) is 30.3 Å². The number of halogens is 1. The number of hydrogen-bond acceptors (Lipinski definition) is 6. The van der Waals surface area contributed by atoms with Crippen LogP contribution < -0.4 is 9.04 Å². The van der Waals surface area contributed by atoms with Crippen LogP contribution in [-0.2, 0) is 27.9 Å². The number of nitro benzene ring substituents is 1. The highest BCUT2D eigenvalue weighted by molar-refractivity contribution is 7.92. The van der Waals surface area contributed by atoms with Crippen molar-refractivity contribution in [2.24, 2.45) is 0 Å². The van der Waals surface area contributed by atoms with E-state index in [9.17, 15) is 22.9 Å². The number of anilines is 1. The first-order valence-electron chi connectivity index (χ1n) is 9.20. The van der Waals surface area contributed by atoms with Crippen LogP contribution in [-0.4, -0.2) is 20.1 Å². The van der Waals surface area contributed by atoms with Gasteiger partial charge < -0.3 is 9.47 Å². The number of sulfonamides is 1. The van der Waals surface area contributed by atoms with E-state index in [1.165, 1.54) is 24.3 Å². The number of hydrogen-bond donors (Lipinski definition) is 0. The Morgan fingerprint density at radius 2 is 1.77 bits per heavy atom. The van der Waals surface area contributed by atoms with Crippen LogP contribution in [0.5, 0.6) is 5.75 Å². The van der Waals surface area contributed by atoms with E-state index in [1.807, 2.05) is 0 Å². The summed E-state index contributed by atoms with van der Waals surface area (Å²) in [5, 5.41) is 11.4. The van der Waals surface area contributed by atoms with Gasteiger partial charge in [-0.1, -0.05) is 18.2 Å². The Morgan fingerprint density at radius 3 is 2.45 bits per heavy atom. The molecule has 0 atom stereocenters. The first kappa shape index (κ1) is 20.8. The second kappa shape index (κ2) is 8.32. The molecule has 0 radical (unpaired) electrons. The van der Waals surface area contributed by atoms with E-state index >= 15 is 0 Å². The molecule has 0 unspecified atom stereocenters. The van der Waals surface area contributed by atoms with Crippen molar-refractivity contribution >= 4 is 21.4 Å². The van der Waals surface area contributed by atoms with Crippen LogP contribution >= 0.6 is 0 Å². The molecule has 1 aliphatic heterocycles. The molecule has 0 bridgehead atoms. The number of non-ortho nitro benzene ring substituents is 1. The molecule has 0 fully saturated rings. The Bertz CT molecular complexity index is 1220. The minimum atomic E-state index is -4.12. The highest BCUT2D eigenvalue weighted by Gasteiger charge is 2.29. The number of para-hydroxylation sites is 1. The molecule has 10 heteroatoms. The van der Waals surface area contributed by atoms with E-state index in [2.05, 4.69) is 0 Å². The fourth-order valence-corrected chi connectivity index (χ4v) is 4.74. The van der Waals surface area contributed by atoms with Crippen LogP contribution in [0.25, 0.3) is 0 Å². The largest absolute Gasteiger partial charge is 0.467 e. The standard InChI is InChI=1S/C21H17FN2O6S/c22-17-6-8-20(9-7-17)31(27,28)23(18-4-2-1-3-5-18)12-15-10-19(24(25)26)11-16-13-29-14-30-21(15)16/h1-11H,12-14H2. The monoisotopic (exact) mass is 444 g/mol. The average Bonchev–Trinajstić information content (AvgIpc) is 2.78. The minimum Gasteiger partial charge on any atom is -0.467 e. The SMILES string of the molecule is O=[N+]([O-])c1cc2c(c(CN(c3ccccc3)S(=O)(=O)c3ccc(F)cc3)c1)OCOC2. The maximum atomic E-state index is 13.4. The van der Waals surface area contributed by atoms with Crippen molar-refractivity contribution in [3.8, 4) is 5.75 Å². The van der Waals surface area contributed by atoms with Gasteiger partial charge in [0.2, 0.25) is 0 Å². The molecule has 0 aromatic heterocycles. The molecule has 1 heterocycles. The first-order valence-corrected chi connectivity index (χ1v) is 10.6. The Morgan fingerprint density at radius 1 is 1.06 bits per heavy atom. The molecule has 0 amide bonds. The summed E-state index contributed by atoms with van der Waals surface area (Å²) in [6.45, 7) is -0.165. The summed E-state index contributed by atoms with van der Waals surface area (Å²) in [7, 11) is -4.12. The summed E-state index contributed by atoms with van der Waals surface area (Å²) in [5.74, 6) is -0.210. The molecule has 0 spiro atoms. The Hall–Kier alpha value is -3.50. The molecule has 31 heavy (non-hydrogen) atoms. The van der Waals surface area contributed by atoms with Crippen molar-refractivity contribution in [2.75, 3.05) is 11.1 Å². The van der Waals surface area contributed by atoms with E-state index < -0.39 is 20.8 Å². The third-order valence-electron chi connectivity index (χ3n) is 4.74. The molecular formula is C21H17FN2O6S. The van der Waals surface area contributed by atoms with Crippen LogP contribution in [0.2, 0.25) is 0 Å². The van der Waals surface area contributed by atoms with Gasteiger partial charge in [0.15, 0.2) is 6.79 Å². The maximum Gasteiger partial charge on any atom is 0.270 e. The topological polar surface area (TPSA) is 99.0 Å². The summed E-state index contributed by atoms with van der Waals surface area (Å²) >= 11 is 0. The molecule has 1 aliphatic rings. The molecule has 0 aliphatic carbocycles. The van der Waals surface area contributed by atoms with Gasteiger partial charge in [0.05, 0.1) is 28.7 Å². The third-order valence-corrected chi connectivity index (χ3v) is 6.53. The molecule has 4 rings (SSSR count). The second-order valence-corrected chi connectivity index (χ2v) is 8.62. The summed E-state index contributed by atoms with van der Waals surface area (Å²) in [5.41, 5.74) is 0.930. The molecule has 3 aromatic rings. The molecule has 3 aromatic carbocycles. The van der Waals surface area contributed by atoms with Gasteiger partial charge in [-0.05, 0) is 36.4 Å².